The fourth-order valence-electron chi connectivity index (χ4n) is 4.01. The average molecular weight is 597 g/mol. The monoisotopic (exact) mass is 595 g/mol. The zero-order valence-electron chi connectivity index (χ0n) is 20.6. The molecule has 0 saturated heterocycles. The number of thiocarbonyl (C=S) groups is 1. The Morgan fingerprint density at radius 1 is 0.923 bits per heavy atom. The lowest BCUT2D eigenvalue weighted by Crippen LogP contribution is -2.32. The zero-order chi connectivity index (χ0) is 27.7. The number of carbonyl (C=O) groups is 1. The van der Waals surface area contributed by atoms with Crippen molar-refractivity contribution in [3.8, 4) is 22.8 Å². The van der Waals surface area contributed by atoms with Crippen LogP contribution in [-0.4, -0.2) is 16.0 Å². The number of nitrogens with one attached hydrogen (secondary N) is 2. The number of aromatic nitrogens is 1. The predicted octanol–water partition coefficient (Wildman–Crippen LogP) is 8.86. The van der Waals surface area contributed by atoms with Crippen molar-refractivity contribution in [2.24, 2.45) is 0 Å². The van der Waals surface area contributed by atoms with Crippen LogP contribution in [0.4, 0.5) is 5.69 Å². The van der Waals surface area contributed by atoms with E-state index in [0.29, 0.717) is 43.7 Å². The second-order valence-electron chi connectivity index (χ2n) is 8.78. The Bertz CT molecular complexity index is 1750. The molecule has 2 N–H and O–H groups in total. The third kappa shape index (κ3) is 6.34. The van der Waals surface area contributed by atoms with Crippen molar-refractivity contribution in [2.45, 2.75) is 13.8 Å². The Hall–Kier alpha value is -3.62. The van der Waals surface area contributed by atoms with E-state index < -0.39 is 5.91 Å². The first-order chi connectivity index (χ1) is 18.6. The number of anilines is 1. The molecular formula is C29H20Cl3N3O3S. The van der Waals surface area contributed by atoms with Crippen molar-refractivity contribution in [2.75, 3.05) is 5.32 Å². The van der Waals surface area contributed by atoms with Gasteiger partial charge in [-0.05, 0) is 97.9 Å². The third-order valence-corrected chi connectivity index (χ3v) is 6.66. The fourth-order valence-corrected chi connectivity index (χ4v) is 4.91. The molecule has 1 amide bonds. The highest BCUT2D eigenvalue weighted by Crippen LogP contribution is 2.32. The van der Waals surface area contributed by atoms with E-state index in [-0.39, 0.29) is 5.11 Å². The van der Waals surface area contributed by atoms with Gasteiger partial charge in [-0.25, -0.2) is 4.98 Å². The van der Waals surface area contributed by atoms with Crippen LogP contribution in [0.15, 0.2) is 75.6 Å². The van der Waals surface area contributed by atoms with E-state index in [2.05, 4.69) is 15.6 Å². The standard InChI is InChI=1S/C29H20Cl3N3O3S/c1-15-9-16(2)27-24(10-15)33-28(38-27)17-3-6-22(32)23(13-17)34-29(39)35-26(36)8-5-21-4-7-25(37-21)18-11-19(30)14-20(31)12-18/h3-14H,1-2H3,(H2,34,35,36,39)/b8-5+. The SMILES string of the molecule is Cc1cc(C)c2oc(-c3ccc(Cl)c(NC(=S)NC(=O)/C=C/c4ccc(-c5cc(Cl)cc(Cl)c5)o4)c3)nc2c1. The molecule has 0 radical (unpaired) electrons. The molecule has 5 rings (SSSR count). The van der Waals surface area contributed by atoms with Crippen molar-refractivity contribution in [1.29, 1.82) is 0 Å². The van der Waals surface area contributed by atoms with E-state index in [1.165, 1.54) is 12.2 Å². The van der Waals surface area contributed by atoms with E-state index in [4.69, 9.17) is 55.9 Å². The summed E-state index contributed by atoms with van der Waals surface area (Å²) >= 11 is 23.8. The van der Waals surface area contributed by atoms with Crippen molar-refractivity contribution in [1.82, 2.24) is 10.3 Å². The molecule has 0 spiro atoms. The van der Waals surface area contributed by atoms with Crippen molar-refractivity contribution in [3.05, 3.63) is 98.7 Å². The highest BCUT2D eigenvalue weighted by Gasteiger charge is 2.14. The summed E-state index contributed by atoms with van der Waals surface area (Å²) in [6.45, 7) is 3.99. The maximum atomic E-state index is 12.5. The molecule has 0 atom stereocenters. The van der Waals surface area contributed by atoms with E-state index >= 15 is 0 Å². The van der Waals surface area contributed by atoms with E-state index in [1.54, 1.807) is 48.5 Å². The molecule has 2 aromatic heterocycles. The van der Waals surface area contributed by atoms with Gasteiger partial charge in [0.1, 0.15) is 17.0 Å². The second-order valence-corrected chi connectivity index (χ2v) is 10.5. The molecule has 196 valence electrons. The third-order valence-electron chi connectivity index (χ3n) is 5.69. The Labute approximate surface area is 244 Å². The van der Waals surface area contributed by atoms with Crippen molar-refractivity contribution < 1.29 is 13.6 Å². The molecule has 10 heteroatoms. The van der Waals surface area contributed by atoms with Gasteiger partial charge < -0.3 is 14.2 Å². The fraction of sp³-hybridized carbons (Fsp3) is 0.0690. The van der Waals surface area contributed by atoms with Gasteiger partial charge in [-0.3, -0.25) is 10.1 Å². The van der Waals surface area contributed by atoms with E-state index in [0.717, 1.165) is 27.8 Å². The van der Waals surface area contributed by atoms with Crippen LogP contribution < -0.4 is 10.6 Å². The van der Waals surface area contributed by atoms with Gasteiger partial charge in [0.2, 0.25) is 11.8 Å². The normalized spacial score (nSPS) is 11.3. The lowest BCUT2D eigenvalue weighted by molar-refractivity contribution is -0.115. The molecule has 0 saturated carbocycles. The van der Waals surface area contributed by atoms with Gasteiger partial charge in [0.25, 0.3) is 0 Å². The van der Waals surface area contributed by atoms with Gasteiger partial charge in [-0.15, -0.1) is 0 Å². The van der Waals surface area contributed by atoms with Crippen LogP contribution in [-0.2, 0) is 4.79 Å². The average Bonchev–Trinajstić information content (AvgIpc) is 3.51. The Kier molecular flexibility index (Phi) is 7.77. The summed E-state index contributed by atoms with van der Waals surface area (Å²) in [5.74, 6) is 1.03. The Morgan fingerprint density at radius 2 is 1.69 bits per heavy atom. The Morgan fingerprint density at radius 3 is 2.46 bits per heavy atom. The van der Waals surface area contributed by atoms with Crippen LogP contribution >= 0.6 is 47.0 Å². The smallest absolute Gasteiger partial charge is 0.250 e. The number of carbonyl (C=O) groups excluding carboxylic acids is 1. The quantitative estimate of drug-likeness (QED) is 0.156. The summed E-state index contributed by atoms with van der Waals surface area (Å²) in [4.78, 5) is 17.1. The van der Waals surface area contributed by atoms with Gasteiger partial charge in [0.05, 0.1) is 10.7 Å². The molecule has 0 aliphatic carbocycles. The summed E-state index contributed by atoms with van der Waals surface area (Å²) in [7, 11) is 0. The minimum absolute atomic E-state index is 0.0708. The Balaban J connectivity index is 1.25. The maximum absolute atomic E-state index is 12.5. The van der Waals surface area contributed by atoms with Crippen molar-refractivity contribution >= 4 is 80.9 Å². The van der Waals surface area contributed by atoms with Crippen LogP contribution in [0, 0.1) is 13.8 Å². The van der Waals surface area contributed by atoms with Gasteiger partial charge >= 0.3 is 0 Å². The molecule has 0 unspecified atom stereocenters. The molecular weight excluding hydrogens is 577 g/mol. The van der Waals surface area contributed by atoms with Gasteiger partial charge in [0.15, 0.2) is 10.7 Å². The second kappa shape index (κ2) is 11.2. The minimum Gasteiger partial charge on any atom is -0.457 e. The minimum atomic E-state index is -0.451. The number of fused-ring (bicyclic) bond motifs is 1. The number of furan rings is 1. The van der Waals surface area contributed by atoms with Crippen LogP contribution in [0.5, 0.6) is 0 Å². The van der Waals surface area contributed by atoms with E-state index in [9.17, 15) is 4.79 Å². The van der Waals surface area contributed by atoms with Crippen molar-refractivity contribution in [3.63, 3.8) is 0 Å². The highest BCUT2D eigenvalue weighted by molar-refractivity contribution is 7.80. The first-order valence-corrected chi connectivity index (χ1v) is 13.2. The molecule has 0 bridgehead atoms. The van der Waals surface area contributed by atoms with Gasteiger partial charge in [-0.2, -0.15) is 0 Å². The number of halogens is 3. The number of aryl methyl sites for hydroxylation is 2. The summed E-state index contributed by atoms with van der Waals surface area (Å²) in [5.41, 5.74) is 5.55. The largest absolute Gasteiger partial charge is 0.457 e. The molecule has 0 fully saturated rings. The van der Waals surface area contributed by atoms with Crippen LogP contribution in [0.2, 0.25) is 15.1 Å². The van der Waals surface area contributed by atoms with Gasteiger partial charge in [0, 0.05) is 27.2 Å². The summed E-state index contributed by atoms with van der Waals surface area (Å²) < 4.78 is 11.8. The number of hydrogen-bond donors (Lipinski definition) is 2. The molecule has 2 heterocycles. The lowest BCUT2D eigenvalue weighted by Gasteiger charge is -2.10. The number of rotatable bonds is 5. The van der Waals surface area contributed by atoms with Crippen LogP contribution in [0.25, 0.3) is 40.0 Å². The zero-order valence-corrected chi connectivity index (χ0v) is 23.7. The highest BCUT2D eigenvalue weighted by atomic mass is 35.5. The summed E-state index contributed by atoms with van der Waals surface area (Å²) in [5, 5.41) is 7.03. The lowest BCUT2D eigenvalue weighted by atomic mass is 10.1. The molecule has 39 heavy (non-hydrogen) atoms. The first kappa shape index (κ1) is 27.0. The molecule has 0 aliphatic rings. The summed E-state index contributed by atoms with van der Waals surface area (Å²) in [6, 6.07) is 17.9. The van der Waals surface area contributed by atoms with Crippen LogP contribution in [0.1, 0.15) is 16.9 Å². The number of oxazole rings is 1. The molecule has 3 aromatic carbocycles. The number of amides is 1. The maximum Gasteiger partial charge on any atom is 0.250 e. The van der Waals surface area contributed by atoms with E-state index in [1.807, 2.05) is 26.0 Å². The summed E-state index contributed by atoms with van der Waals surface area (Å²) in [6.07, 6.45) is 2.83. The van der Waals surface area contributed by atoms with Gasteiger partial charge in [-0.1, -0.05) is 40.9 Å². The molecule has 5 aromatic rings. The number of nitrogens with zero attached hydrogens (tertiary/aromatic N) is 1. The van der Waals surface area contributed by atoms with Crippen LogP contribution in [0.3, 0.4) is 0 Å². The first-order valence-electron chi connectivity index (χ1n) is 11.7. The predicted molar refractivity (Wildman–Crippen MR) is 161 cm³/mol. The molecule has 0 aliphatic heterocycles. The topological polar surface area (TPSA) is 80.3 Å². The number of benzene rings is 3. The molecule has 6 nitrogen and oxygen atoms in total. The number of hydrogen-bond acceptors (Lipinski definition) is 5.